The maximum Gasteiger partial charge on any atom is 0.205 e. The molecule has 1 aromatic heterocycles. The minimum atomic E-state index is -0.962. The van der Waals surface area contributed by atoms with E-state index in [4.69, 9.17) is 0 Å². The molecule has 2 heterocycles. The molecule has 0 aliphatic carbocycles. The Morgan fingerprint density at radius 3 is 2.59 bits per heavy atom. The number of H-pyrrole nitrogens is 1. The molecule has 1 N–H and O–H groups in total. The third-order valence-electron chi connectivity index (χ3n) is 4.67. The van der Waals surface area contributed by atoms with E-state index in [1.165, 1.54) is 15.4 Å². The SMILES string of the molecule is CSC1=CC(C)=CS1(C)Cc1ccc(-c2ccccc2)c(-c2nn[nH]n2)c1. The van der Waals surface area contributed by atoms with Gasteiger partial charge in [-0.25, -0.2) is 0 Å². The lowest BCUT2D eigenvalue weighted by Crippen LogP contribution is -1.99. The Labute approximate surface area is 165 Å². The normalized spacial score (nSPS) is 21.4. The maximum atomic E-state index is 4.24. The van der Waals surface area contributed by atoms with Crippen molar-refractivity contribution in [2.75, 3.05) is 12.5 Å². The Morgan fingerprint density at radius 2 is 1.89 bits per heavy atom. The molecule has 1 aliphatic heterocycles. The molecule has 4 nitrogen and oxygen atoms in total. The smallest absolute Gasteiger partial charge is 0.187 e. The monoisotopic (exact) mass is 394 g/mol. The number of tetrazole rings is 1. The fourth-order valence-electron chi connectivity index (χ4n) is 3.54. The average molecular weight is 395 g/mol. The fourth-order valence-corrected chi connectivity index (χ4v) is 8.25. The van der Waals surface area contributed by atoms with Gasteiger partial charge in [0.2, 0.25) is 5.82 Å². The summed E-state index contributed by atoms with van der Waals surface area (Å²) in [7, 11) is -0.962. The number of hydrogen-bond acceptors (Lipinski definition) is 4. The Kier molecular flexibility index (Phi) is 4.93. The highest BCUT2D eigenvalue weighted by Gasteiger charge is 2.26. The van der Waals surface area contributed by atoms with Crippen LogP contribution in [0.15, 0.2) is 69.8 Å². The van der Waals surface area contributed by atoms with Crippen LogP contribution in [0.3, 0.4) is 0 Å². The van der Waals surface area contributed by atoms with Gasteiger partial charge in [0.15, 0.2) is 0 Å². The van der Waals surface area contributed by atoms with Gasteiger partial charge in [0.05, 0.1) is 0 Å². The summed E-state index contributed by atoms with van der Waals surface area (Å²) in [5.41, 5.74) is 5.97. The Morgan fingerprint density at radius 1 is 1.07 bits per heavy atom. The number of aromatic nitrogens is 4. The highest BCUT2D eigenvalue weighted by atomic mass is 32.3. The second-order valence-corrected chi connectivity index (χ2v) is 11.2. The quantitative estimate of drug-likeness (QED) is 0.613. The molecule has 0 bridgehead atoms. The Bertz CT molecular complexity index is 1010. The molecule has 1 unspecified atom stereocenters. The topological polar surface area (TPSA) is 54.5 Å². The van der Waals surface area contributed by atoms with Gasteiger partial charge >= 0.3 is 0 Å². The first-order valence-electron chi connectivity index (χ1n) is 8.71. The van der Waals surface area contributed by atoms with Crippen LogP contribution in [0.2, 0.25) is 0 Å². The van der Waals surface area contributed by atoms with Crippen LogP contribution >= 0.6 is 21.8 Å². The predicted octanol–water partition coefficient (Wildman–Crippen LogP) is 5.59. The van der Waals surface area contributed by atoms with Gasteiger partial charge in [0, 0.05) is 15.6 Å². The van der Waals surface area contributed by atoms with E-state index in [0.29, 0.717) is 5.82 Å². The van der Waals surface area contributed by atoms with E-state index in [9.17, 15) is 0 Å². The van der Waals surface area contributed by atoms with E-state index >= 15 is 0 Å². The van der Waals surface area contributed by atoms with Crippen molar-refractivity contribution in [2.45, 2.75) is 12.7 Å². The molecule has 4 rings (SSSR count). The summed E-state index contributed by atoms with van der Waals surface area (Å²) >= 11 is 1.87. The molecule has 0 fully saturated rings. The molecule has 1 aliphatic rings. The second kappa shape index (κ2) is 7.37. The van der Waals surface area contributed by atoms with Gasteiger partial charge in [-0.1, -0.05) is 42.5 Å². The van der Waals surface area contributed by atoms with Crippen molar-refractivity contribution in [1.82, 2.24) is 20.6 Å². The average Bonchev–Trinajstić information content (AvgIpc) is 3.30. The lowest BCUT2D eigenvalue weighted by Gasteiger charge is -2.32. The number of aromatic amines is 1. The largest absolute Gasteiger partial charge is 0.205 e. The number of nitrogens with one attached hydrogen (secondary N) is 1. The van der Waals surface area contributed by atoms with E-state index in [1.54, 1.807) is 0 Å². The van der Waals surface area contributed by atoms with Crippen molar-refractivity contribution in [3.05, 3.63) is 75.4 Å². The molecule has 0 radical (unpaired) electrons. The molecule has 0 saturated heterocycles. The van der Waals surface area contributed by atoms with Crippen LogP contribution < -0.4 is 0 Å². The fraction of sp³-hybridized carbons (Fsp3) is 0.190. The van der Waals surface area contributed by atoms with Crippen LogP contribution in [0.5, 0.6) is 0 Å². The van der Waals surface area contributed by atoms with Crippen molar-refractivity contribution >= 4 is 21.8 Å². The summed E-state index contributed by atoms with van der Waals surface area (Å²) < 4.78 is 1.49. The number of rotatable bonds is 5. The molecule has 0 spiro atoms. The molecule has 138 valence electrons. The van der Waals surface area contributed by atoms with E-state index in [0.717, 1.165) is 22.4 Å². The van der Waals surface area contributed by atoms with Crippen molar-refractivity contribution in [3.8, 4) is 22.5 Å². The van der Waals surface area contributed by atoms with Crippen molar-refractivity contribution in [2.24, 2.45) is 0 Å². The summed E-state index contributed by atoms with van der Waals surface area (Å²) in [6.07, 6.45) is 6.90. The third-order valence-corrected chi connectivity index (χ3v) is 9.70. The molecule has 3 aromatic rings. The zero-order chi connectivity index (χ0) is 18.9. The second-order valence-electron chi connectivity index (χ2n) is 6.81. The molecular formula is C21H22N4S2. The highest BCUT2D eigenvalue weighted by Crippen LogP contribution is 2.64. The molecular weight excluding hydrogens is 372 g/mol. The molecule has 1 atom stereocenters. The summed E-state index contributed by atoms with van der Waals surface area (Å²) in [6, 6.07) is 17.0. The van der Waals surface area contributed by atoms with E-state index < -0.39 is 10.0 Å². The first-order valence-corrected chi connectivity index (χ1v) is 12.2. The summed E-state index contributed by atoms with van der Waals surface area (Å²) in [4.78, 5) is 0. The van der Waals surface area contributed by atoms with Crippen LogP contribution in [0.4, 0.5) is 0 Å². The van der Waals surface area contributed by atoms with Crippen molar-refractivity contribution in [3.63, 3.8) is 0 Å². The Hall–Kier alpha value is -2.31. The Balaban J connectivity index is 1.76. The van der Waals surface area contributed by atoms with Gasteiger partial charge in [0.1, 0.15) is 0 Å². The first-order chi connectivity index (χ1) is 13.1. The van der Waals surface area contributed by atoms with E-state index in [2.05, 4.69) is 94.0 Å². The molecule has 27 heavy (non-hydrogen) atoms. The number of allylic oxidation sites excluding steroid dienone is 2. The molecule has 2 aromatic carbocycles. The third kappa shape index (κ3) is 3.59. The lowest BCUT2D eigenvalue weighted by molar-refractivity contribution is 0.881. The highest BCUT2D eigenvalue weighted by molar-refractivity contribution is 8.45. The minimum Gasteiger partial charge on any atom is -0.187 e. The predicted molar refractivity (Wildman–Crippen MR) is 118 cm³/mol. The van der Waals surface area contributed by atoms with Gasteiger partial charge in [-0.3, -0.25) is 0 Å². The van der Waals surface area contributed by atoms with Gasteiger partial charge in [-0.05, 0) is 64.5 Å². The van der Waals surface area contributed by atoms with Gasteiger partial charge in [-0.2, -0.15) is 15.2 Å². The lowest BCUT2D eigenvalue weighted by atomic mass is 9.97. The van der Waals surface area contributed by atoms with Gasteiger partial charge in [0.25, 0.3) is 0 Å². The van der Waals surface area contributed by atoms with Crippen LogP contribution in [-0.2, 0) is 5.75 Å². The summed E-state index contributed by atoms with van der Waals surface area (Å²) in [5.74, 6) is 1.66. The maximum absolute atomic E-state index is 4.24. The number of benzene rings is 2. The van der Waals surface area contributed by atoms with Crippen LogP contribution in [0.1, 0.15) is 12.5 Å². The number of hydrogen-bond donors (Lipinski definition) is 1. The zero-order valence-electron chi connectivity index (χ0n) is 15.6. The van der Waals surface area contributed by atoms with Crippen molar-refractivity contribution in [1.29, 1.82) is 0 Å². The summed E-state index contributed by atoms with van der Waals surface area (Å²) in [6.45, 7) is 2.19. The van der Waals surface area contributed by atoms with Crippen molar-refractivity contribution < 1.29 is 0 Å². The zero-order valence-corrected chi connectivity index (χ0v) is 17.3. The first kappa shape index (κ1) is 18.1. The number of thioether (sulfide) groups is 1. The molecule has 6 heteroatoms. The van der Waals surface area contributed by atoms with Crippen LogP contribution in [0.25, 0.3) is 22.5 Å². The van der Waals surface area contributed by atoms with Gasteiger partial charge in [-0.15, -0.1) is 22.0 Å². The van der Waals surface area contributed by atoms with Crippen LogP contribution in [0, 0.1) is 0 Å². The van der Waals surface area contributed by atoms with E-state index in [1.807, 2.05) is 17.8 Å². The summed E-state index contributed by atoms with van der Waals surface area (Å²) in [5, 5.41) is 17.3. The standard InChI is InChI=1S/C21H22N4S2/c1-15-11-20(26-2)27(3,13-15)14-16-9-10-18(17-7-5-4-6-8-17)19(12-16)21-22-24-25-23-21/h4-13H,14H2,1-3H3,(H,22,23,24,25). The molecule has 0 amide bonds. The van der Waals surface area contributed by atoms with Gasteiger partial charge < -0.3 is 0 Å². The minimum absolute atomic E-state index is 0.634. The number of nitrogens with zero attached hydrogens (tertiary/aromatic N) is 3. The molecule has 0 saturated carbocycles. The van der Waals surface area contributed by atoms with Crippen LogP contribution in [-0.4, -0.2) is 33.1 Å². The van der Waals surface area contributed by atoms with E-state index in [-0.39, 0.29) is 0 Å².